The zero-order chi connectivity index (χ0) is 15.4. The minimum atomic E-state index is -0.367. The van der Waals surface area contributed by atoms with Gasteiger partial charge in [0.1, 0.15) is 5.75 Å². The summed E-state index contributed by atoms with van der Waals surface area (Å²) in [5.74, 6) is 0.0209. The highest BCUT2D eigenvalue weighted by Crippen LogP contribution is 2.24. The number of Topliss-reactive ketones (excluding diaryl/α,β-unsaturated/α-hetero) is 1. The summed E-state index contributed by atoms with van der Waals surface area (Å²) in [6.45, 7) is 1.43. The number of benzene rings is 2. The molecular formula is C16H14ClNO3. The van der Waals surface area contributed by atoms with Crippen molar-refractivity contribution in [3.8, 4) is 5.75 Å². The van der Waals surface area contributed by atoms with Crippen LogP contribution in [0.3, 0.4) is 0 Å². The molecule has 0 atom stereocenters. The third-order valence-electron chi connectivity index (χ3n) is 2.97. The van der Waals surface area contributed by atoms with Gasteiger partial charge in [0.05, 0.1) is 23.4 Å². The summed E-state index contributed by atoms with van der Waals surface area (Å²) < 4.78 is 5.08. The van der Waals surface area contributed by atoms with Gasteiger partial charge in [-0.1, -0.05) is 23.7 Å². The minimum Gasteiger partial charge on any atom is -0.497 e. The molecule has 0 aliphatic carbocycles. The van der Waals surface area contributed by atoms with Gasteiger partial charge in [0.25, 0.3) is 5.91 Å². The molecular weight excluding hydrogens is 290 g/mol. The van der Waals surface area contributed by atoms with Gasteiger partial charge in [-0.25, -0.2) is 0 Å². The number of anilines is 1. The number of ether oxygens (including phenoxy) is 1. The van der Waals surface area contributed by atoms with Crippen molar-refractivity contribution >= 4 is 29.0 Å². The Kier molecular flexibility index (Phi) is 4.60. The van der Waals surface area contributed by atoms with Crippen LogP contribution in [0.15, 0.2) is 42.5 Å². The molecule has 0 aromatic heterocycles. The Morgan fingerprint density at radius 1 is 1.10 bits per heavy atom. The summed E-state index contributed by atoms with van der Waals surface area (Å²) in [6, 6.07) is 11.6. The summed E-state index contributed by atoms with van der Waals surface area (Å²) in [6.07, 6.45) is 0. The molecule has 0 heterocycles. The largest absolute Gasteiger partial charge is 0.497 e. The highest BCUT2D eigenvalue weighted by molar-refractivity contribution is 6.34. The number of hydrogen-bond donors (Lipinski definition) is 1. The standard InChI is InChI=1S/C16H14ClNO3/c1-10(19)13-9-11(21-2)7-8-15(13)18-16(20)12-5-3-4-6-14(12)17/h3-9H,1-2H3,(H,18,20). The fourth-order valence-corrected chi connectivity index (χ4v) is 2.11. The molecule has 1 amide bonds. The molecule has 2 rings (SSSR count). The average molecular weight is 304 g/mol. The number of rotatable bonds is 4. The zero-order valence-corrected chi connectivity index (χ0v) is 12.4. The lowest BCUT2D eigenvalue weighted by Crippen LogP contribution is -2.14. The average Bonchev–Trinajstić information content (AvgIpc) is 2.47. The van der Waals surface area contributed by atoms with E-state index < -0.39 is 0 Å². The molecule has 0 aliphatic heterocycles. The van der Waals surface area contributed by atoms with Crippen LogP contribution in [0.5, 0.6) is 5.75 Å². The van der Waals surface area contributed by atoms with Crippen LogP contribution in [-0.2, 0) is 0 Å². The maximum Gasteiger partial charge on any atom is 0.257 e. The highest BCUT2D eigenvalue weighted by Gasteiger charge is 2.14. The van der Waals surface area contributed by atoms with Crippen LogP contribution < -0.4 is 10.1 Å². The first kappa shape index (κ1) is 15.1. The number of amides is 1. The SMILES string of the molecule is COc1ccc(NC(=O)c2ccccc2Cl)c(C(C)=O)c1. The van der Waals surface area contributed by atoms with Crippen molar-refractivity contribution in [1.82, 2.24) is 0 Å². The fraction of sp³-hybridized carbons (Fsp3) is 0.125. The van der Waals surface area contributed by atoms with E-state index in [9.17, 15) is 9.59 Å². The molecule has 2 aromatic rings. The summed E-state index contributed by atoms with van der Waals surface area (Å²) >= 11 is 5.99. The van der Waals surface area contributed by atoms with Crippen molar-refractivity contribution in [1.29, 1.82) is 0 Å². The second-order valence-corrected chi connectivity index (χ2v) is 4.81. The Balaban J connectivity index is 2.33. The normalized spacial score (nSPS) is 10.0. The number of halogens is 1. The Morgan fingerprint density at radius 2 is 1.81 bits per heavy atom. The zero-order valence-electron chi connectivity index (χ0n) is 11.6. The molecule has 108 valence electrons. The maximum atomic E-state index is 12.2. The van der Waals surface area contributed by atoms with E-state index in [1.165, 1.54) is 14.0 Å². The monoisotopic (exact) mass is 303 g/mol. The van der Waals surface area contributed by atoms with Crippen LogP contribution in [-0.4, -0.2) is 18.8 Å². The van der Waals surface area contributed by atoms with Gasteiger partial charge in [0.15, 0.2) is 5.78 Å². The van der Waals surface area contributed by atoms with Crippen LogP contribution in [0, 0.1) is 0 Å². The van der Waals surface area contributed by atoms with Gasteiger partial charge in [-0.05, 0) is 37.3 Å². The summed E-state index contributed by atoms with van der Waals surface area (Å²) in [5, 5.41) is 3.06. The second kappa shape index (κ2) is 6.41. The number of nitrogens with one attached hydrogen (secondary N) is 1. The Labute approximate surface area is 127 Å². The van der Waals surface area contributed by atoms with E-state index in [2.05, 4.69) is 5.32 Å². The van der Waals surface area contributed by atoms with E-state index in [1.54, 1.807) is 42.5 Å². The topological polar surface area (TPSA) is 55.4 Å². The molecule has 0 saturated carbocycles. The van der Waals surface area contributed by atoms with Gasteiger partial charge in [-0.2, -0.15) is 0 Å². The van der Waals surface area contributed by atoms with E-state index >= 15 is 0 Å². The van der Waals surface area contributed by atoms with E-state index in [4.69, 9.17) is 16.3 Å². The minimum absolute atomic E-state index is 0.164. The Morgan fingerprint density at radius 3 is 2.43 bits per heavy atom. The van der Waals surface area contributed by atoms with E-state index in [0.717, 1.165) is 0 Å². The van der Waals surface area contributed by atoms with Gasteiger partial charge in [0.2, 0.25) is 0 Å². The Bertz CT molecular complexity index is 698. The third-order valence-corrected chi connectivity index (χ3v) is 3.30. The molecule has 0 spiro atoms. The quantitative estimate of drug-likeness (QED) is 0.874. The molecule has 0 unspecified atom stereocenters. The molecule has 0 radical (unpaired) electrons. The number of carbonyl (C=O) groups is 2. The number of hydrogen-bond acceptors (Lipinski definition) is 3. The van der Waals surface area contributed by atoms with Crippen LogP contribution in [0.4, 0.5) is 5.69 Å². The van der Waals surface area contributed by atoms with Crippen molar-refractivity contribution in [2.45, 2.75) is 6.92 Å². The molecule has 0 bridgehead atoms. The molecule has 0 aliphatic rings. The summed E-state index contributed by atoms with van der Waals surface area (Å²) in [5.41, 5.74) is 1.16. The first-order valence-electron chi connectivity index (χ1n) is 6.27. The smallest absolute Gasteiger partial charge is 0.257 e. The number of carbonyl (C=O) groups excluding carboxylic acids is 2. The van der Waals surface area contributed by atoms with Gasteiger partial charge in [0, 0.05) is 5.56 Å². The highest BCUT2D eigenvalue weighted by atomic mass is 35.5. The lowest BCUT2D eigenvalue weighted by molar-refractivity contribution is 0.101. The van der Waals surface area contributed by atoms with Gasteiger partial charge >= 0.3 is 0 Å². The van der Waals surface area contributed by atoms with Crippen LogP contribution in [0.2, 0.25) is 5.02 Å². The molecule has 4 nitrogen and oxygen atoms in total. The lowest BCUT2D eigenvalue weighted by Gasteiger charge is -2.11. The van der Waals surface area contributed by atoms with Crippen molar-refractivity contribution < 1.29 is 14.3 Å². The van der Waals surface area contributed by atoms with E-state index in [1.807, 2.05) is 0 Å². The van der Waals surface area contributed by atoms with Crippen molar-refractivity contribution in [2.75, 3.05) is 12.4 Å². The Hall–Kier alpha value is -2.33. The molecule has 1 N–H and O–H groups in total. The second-order valence-electron chi connectivity index (χ2n) is 4.40. The fourth-order valence-electron chi connectivity index (χ4n) is 1.89. The maximum absolute atomic E-state index is 12.2. The van der Waals surface area contributed by atoms with E-state index in [0.29, 0.717) is 27.6 Å². The number of methoxy groups -OCH3 is 1. The van der Waals surface area contributed by atoms with Crippen LogP contribution in [0.1, 0.15) is 27.6 Å². The van der Waals surface area contributed by atoms with Crippen molar-refractivity contribution in [3.63, 3.8) is 0 Å². The van der Waals surface area contributed by atoms with Crippen LogP contribution >= 0.6 is 11.6 Å². The molecule has 0 fully saturated rings. The summed E-state index contributed by atoms with van der Waals surface area (Å²) in [4.78, 5) is 23.9. The lowest BCUT2D eigenvalue weighted by atomic mass is 10.1. The van der Waals surface area contributed by atoms with Crippen LogP contribution in [0.25, 0.3) is 0 Å². The summed E-state index contributed by atoms with van der Waals surface area (Å²) in [7, 11) is 1.52. The van der Waals surface area contributed by atoms with Gasteiger partial charge in [-0.3, -0.25) is 9.59 Å². The molecule has 21 heavy (non-hydrogen) atoms. The third kappa shape index (κ3) is 3.41. The van der Waals surface area contributed by atoms with Gasteiger partial charge in [-0.15, -0.1) is 0 Å². The number of ketones is 1. The predicted molar refractivity (Wildman–Crippen MR) is 82.4 cm³/mol. The molecule has 5 heteroatoms. The van der Waals surface area contributed by atoms with Crippen molar-refractivity contribution in [2.24, 2.45) is 0 Å². The van der Waals surface area contributed by atoms with E-state index in [-0.39, 0.29) is 11.7 Å². The molecule has 0 saturated heterocycles. The predicted octanol–water partition coefficient (Wildman–Crippen LogP) is 3.80. The first-order chi connectivity index (χ1) is 10.0. The first-order valence-corrected chi connectivity index (χ1v) is 6.65. The molecule has 2 aromatic carbocycles. The van der Waals surface area contributed by atoms with Gasteiger partial charge < -0.3 is 10.1 Å². The van der Waals surface area contributed by atoms with Crippen molar-refractivity contribution in [3.05, 3.63) is 58.6 Å².